The maximum absolute atomic E-state index is 12.6. The second-order valence-electron chi connectivity index (χ2n) is 6.28. The predicted molar refractivity (Wildman–Crippen MR) is 95.3 cm³/mol. The minimum Gasteiger partial charge on any atom is -0.369 e. The van der Waals surface area contributed by atoms with Crippen LogP contribution in [-0.4, -0.2) is 35.2 Å². The van der Waals surface area contributed by atoms with Gasteiger partial charge < -0.3 is 10.2 Å². The summed E-state index contributed by atoms with van der Waals surface area (Å²) in [6, 6.07) is 12.4. The molecule has 1 fully saturated rings. The third kappa shape index (κ3) is 3.72. The summed E-state index contributed by atoms with van der Waals surface area (Å²) < 4.78 is 0. The molecular formula is C19H24N4O. The summed E-state index contributed by atoms with van der Waals surface area (Å²) in [4.78, 5) is 15.0. The van der Waals surface area contributed by atoms with E-state index in [2.05, 4.69) is 44.7 Å². The van der Waals surface area contributed by atoms with E-state index < -0.39 is 0 Å². The summed E-state index contributed by atoms with van der Waals surface area (Å²) in [6.07, 6.45) is 2.86. The van der Waals surface area contributed by atoms with Crippen LogP contribution in [0.25, 0.3) is 0 Å². The molecule has 0 bridgehead atoms. The van der Waals surface area contributed by atoms with Gasteiger partial charge in [0, 0.05) is 24.8 Å². The Kier molecular flexibility index (Phi) is 5.08. The van der Waals surface area contributed by atoms with Crippen molar-refractivity contribution >= 4 is 11.6 Å². The molecule has 1 atom stereocenters. The highest BCUT2D eigenvalue weighted by molar-refractivity contribution is 5.95. The van der Waals surface area contributed by atoms with Crippen LogP contribution in [-0.2, 0) is 6.42 Å². The van der Waals surface area contributed by atoms with Gasteiger partial charge in [-0.15, -0.1) is 0 Å². The van der Waals surface area contributed by atoms with Gasteiger partial charge in [-0.2, -0.15) is 10.2 Å². The number of amides is 1. The van der Waals surface area contributed by atoms with Gasteiger partial charge in [0.1, 0.15) is 0 Å². The Balaban J connectivity index is 1.68. The molecule has 5 nitrogen and oxygen atoms in total. The third-order valence-electron chi connectivity index (χ3n) is 4.51. The molecule has 0 saturated carbocycles. The second kappa shape index (κ2) is 7.43. The average Bonchev–Trinajstić information content (AvgIpc) is 2.63. The molecular weight excluding hydrogens is 300 g/mol. The van der Waals surface area contributed by atoms with E-state index >= 15 is 0 Å². The van der Waals surface area contributed by atoms with Gasteiger partial charge in [0.15, 0.2) is 0 Å². The maximum atomic E-state index is 12.6. The van der Waals surface area contributed by atoms with Crippen molar-refractivity contribution in [1.29, 1.82) is 0 Å². The van der Waals surface area contributed by atoms with E-state index in [0.717, 1.165) is 38.0 Å². The molecule has 1 aromatic heterocycles. The van der Waals surface area contributed by atoms with Crippen molar-refractivity contribution in [2.75, 3.05) is 18.0 Å². The molecule has 1 aromatic carbocycles. The van der Waals surface area contributed by atoms with Crippen molar-refractivity contribution in [3.63, 3.8) is 0 Å². The van der Waals surface area contributed by atoms with E-state index in [9.17, 15) is 4.79 Å². The van der Waals surface area contributed by atoms with E-state index in [-0.39, 0.29) is 11.9 Å². The van der Waals surface area contributed by atoms with Crippen LogP contribution in [0.3, 0.4) is 0 Å². The smallest absolute Gasteiger partial charge is 0.253 e. The minimum absolute atomic E-state index is 0.0444. The molecule has 0 spiro atoms. The van der Waals surface area contributed by atoms with Crippen LogP contribution in [0.5, 0.6) is 0 Å². The van der Waals surface area contributed by atoms with E-state index in [1.165, 1.54) is 5.69 Å². The molecule has 5 heteroatoms. The standard InChI is InChI=1S/C19H24N4O/c1-3-15-12-18(14(2)21-22-15)19(24)20-16-8-7-11-23(13-16)17-9-5-4-6-10-17/h4-6,9-10,12,16H,3,7-8,11,13H2,1-2H3,(H,20,24). The van der Waals surface area contributed by atoms with E-state index in [1.807, 2.05) is 26.0 Å². The van der Waals surface area contributed by atoms with Crippen LogP contribution in [0.2, 0.25) is 0 Å². The minimum atomic E-state index is -0.0444. The van der Waals surface area contributed by atoms with Crippen LogP contribution < -0.4 is 10.2 Å². The maximum Gasteiger partial charge on any atom is 0.253 e. The van der Waals surface area contributed by atoms with Crippen LogP contribution in [0.1, 0.15) is 41.5 Å². The van der Waals surface area contributed by atoms with Crippen molar-refractivity contribution in [1.82, 2.24) is 15.5 Å². The number of carbonyl (C=O) groups excluding carboxylic acids is 1. The quantitative estimate of drug-likeness (QED) is 0.939. The number of aryl methyl sites for hydroxylation is 2. The molecule has 24 heavy (non-hydrogen) atoms. The first-order valence-corrected chi connectivity index (χ1v) is 8.61. The lowest BCUT2D eigenvalue weighted by Crippen LogP contribution is -2.48. The topological polar surface area (TPSA) is 58.1 Å². The largest absolute Gasteiger partial charge is 0.369 e. The van der Waals surface area contributed by atoms with E-state index in [0.29, 0.717) is 11.3 Å². The Morgan fingerprint density at radius 1 is 1.29 bits per heavy atom. The monoisotopic (exact) mass is 324 g/mol. The number of nitrogens with zero attached hydrogens (tertiary/aromatic N) is 3. The highest BCUT2D eigenvalue weighted by Crippen LogP contribution is 2.20. The Morgan fingerprint density at radius 2 is 2.08 bits per heavy atom. The number of rotatable bonds is 4. The van der Waals surface area contributed by atoms with Gasteiger partial charge in [-0.3, -0.25) is 4.79 Å². The van der Waals surface area contributed by atoms with Crippen molar-refractivity contribution in [2.24, 2.45) is 0 Å². The predicted octanol–water partition coefficient (Wildman–Crippen LogP) is 2.75. The fourth-order valence-corrected chi connectivity index (χ4v) is 3.13. The molecule has 1 aliphatic rings. The van der Waals surface area contributed by atoms with Gasteiger partial charge >= 0.3 is 0 Å². The number of hydrogen-bond donors (Lipinski definition) is 1. The summed E-state index contributed by atoms with van der Waals surface area (Å²) in [6.45, 7) is 5.72. The van der Waals surface area contributed by atoms with Crippen LogP contribution in [0.15, 0.2) is 36.4 Å². The number of hydrogen-bond acceptors (Lipinski definition) is 4. The van der Waals surface area contributed by atoms with Crippen molar-refractivity contribution in [3.8, 4) is 0 Å². The molecule has 2 aromatic rings. The van der Waals surface area contributed by atoms with Crippen LogP contribution in [0.4, 0.5) is 5.69 Å². The lowest BCUT2D eigenvalue weighted by molar-refractivity contribution is 0.0931. The van der Waals surface area contributed by atoms with Crippen LogP contribution >= 0.6 is 0 Å². The zero-order valence-corrected chi connectivity index (χ0v) is 14.3. The van der Waals surface area contributed by atoms with Crippen molar-refractivity contribution in [2.45, 2.75) is 39.2 Å². The zero-order chi connectivity index (χ0) is 16.9. The second-order valence-corrected chi connectivity index (χ2v) is 6.28. The first-order chi connectivity index (χ1) is 11.7. The van der Waals surface area contributed by atoms with Gasteiger partial charge in [0.05, 0.1) is 17.0 Å². The lowest BCUT2D eigenvalue weighted by atomic mass is 10.0. The van der Waals surface area contributed by atoms with Crippen LogP contribution in [0, 0.1) is 6.92 Å². The summed E-state index contributed by atoms with van der Waals surface area (Å²) in [5.41, 5.74) is 3.38. The molecule has 1 aliphatic heterocycles. The SMILES string of the molecule is CCc1cc(C(=O)NC2CCCN(c3ccccc3)C2)c(C)nn1. The molecule has 2 heterocycles. The fourth-order valence-electron chi connectivity index (χ4n) is 3.13. The molecule has 3 rings (SSSR count). The fraction of sp³-hybridized carbons (Fsp3) is 0.421. The normalized spacial score (nSPS) is 17.6. The lowest BCUT2D eigenvalue weighted by Gasteiger charge is -2.34. The van der Waals surface area contributed by atoms with Gasteiger partial charge in [0.2, 0.25) is 0 Å². The van der Waals surface area contributed by atoms with Gasteiger partial charge in [-0.05, 0) is 44.4 Å². The van der Waals surface area contributed by atoms with E-state index in [1.54, 1.807) is 0 Å². The first-order valence-electron chi connectivity index (χ1n) is 8.61. The van der Waals surface area contributed by atoms with Gasteiger partial charge in [-0.1, -0.05) is 25.1 Å². The molecule has 1 amide bonds. The Hall–Kier alpha value is -2.43. The van der Waals surface area contributed by atoms with Crippen molar-refractivity contribution in [3.05, 3.63) is 53.3 Å². The summed E-state index contributed by atoms with van der Waals surface area (Å²) in [5, 5.41) is 11.4. The zero-order valence-electron chi connectivity index (χ0n) is 14.3. The Labute approximate surface area is 143 Å². The van der Waals surface area contributed by atoms with Crippen molar-refractivity contribution < 1.29 is 4.79 Å². The summed E-state index contributed by atoms with van der Waals surface area (Å²) >= 11 is 0. The number of benzene rings is 1. The Bertz CT molecular complexity index is 702. The summed E-state index contributed by atoms with van der Waals surface area (Å²) in [5.74, 6) is -0.0444. The molecule has 1 unspecified atom stereocenters. The number of nitrogens with one attached hydrogen (secondary N) is 1. The van der Waals surface area contributed by atoms with Gasteiger partial charge in [0.25, 0.3) is 5.91 Å². The van der Waals surface area contributed by atoms with E-state index in [4.69, 9.17) is 0 Å². The molecule has 1 N–H and O–H groups in total. The molecule has 1 saturated heterocycles. The average molecular weight is 324 g/mol. The number of aromatic nitrogens is 2. The molecule has 126 valence electrons. The molecule has 0 aliphatic carbocycles. The number of carbonyl (C=O) groups is 1. The Morgan fingerprint density at radius 3 is 2.83 bits per heavy atom. The first kappa shape index (κ1) is 16.4. The number of piperidine rings is 1. The number of para-hydroxylation sites is 1. The summed E-state index contributed by atoms with van der Waals surface area (Å²) in [7, 11) is 0. The molecule has 0 radical (unpaired) electrons. The highest BCUT2D eigenvalue weighted by atomic mass is 16.1. The third-order valence-corrected chi connectivity index (χ3v) is 4.51. The van der Waals surface area contributed by atoms with Gasteiger partial charge in [-0.25, -0.2) is 0 Å². The highest BCUT2D eigenvalue weighted by Gasteiger charge is 2.23. The number of anilines is 1.